The lowest BCUT2D eigenvalue weighted by molar-refractivity contribution is 0.0755. The van der Waals surface area contributed by atoms with Crippen molar-refractivity contribution < 1.29 is 13.9 Å². The smallest absolute Gasteiger partial charge is 0.253 e. The Morgan fingerprint density at radius 3 is 2.45 bits per heavy atom. The quantitative estimate of drug-likeness (QED) is 0.870. The maximum absolute atomic E-state index is 12.3. The van der Waals surface area contributed by atoms with Crippen LogP contribution < -0.4 is 10.5 Å². The van der Waals surface area contributed by atoms with Crippen molar-refractivity contribution in [2.24, 2.45) is 5.73 Å². The summed E-state index contributed by atoms with van der Waals surface area (Å²) in [5.74, 6) is 0.527. The van der Waals surface area contributed by atoms with E-state index in [1.54, 1.807) is 36.2 Å². The molecule has 4 nitrogen and oxygen atoms in total. The van der Waals surface area contributed by atoms with Gasteiger partial charge in [-0.15, -0.1) is 0 Å². The van der Waals surface area contributed by atoms with Crippen molar-refractivity contribution in [3.63, 3.8) is 0 Å². The molecule has 20 heavy (non-hydrogen) atoms. The maximum Gasteiger partial charge on any atom is 0.253 e. The van der Waals surface area contributed by atoms with Crippen LogP contribution in [0.25, 0.3) is 0 Å². The van der Waals surface area contributed by atoms with Crippen LogP contribution in [0.1, 0.15) is 24.2 Å². The first-order chi connectivity index (χ1) is 9.49. The minimum absolute atomic E-state index is 0.0437. The Balaban J connectivity index is 2.67. The summed E-state index contributed by atoms with van der Waals surface area (Å²) < 4.78 is 17.7. The van der Waals surface area contributed by atoms with E-state index in [9.17, 15) is 9.18 Å². The van der Waals surface area contributed by atoms with E-state index in [0.717, 1.165) is 0 Å². The maximum atomic E-state index is 12.3. The molecule has 0 atom stereocenters. The third-order valence-corrected chi connectivity index (χ3v) is 3.04. The number of benzene rings is 1. The molecule has 0 fully saturated rings. The molecule has 0 aliphatic heterocycles. The van der Waals surface area contributed by atoms with Gasteiger partial charge < -0.3 is 15.4 Å². The zero-order valence-electron chi connectivity index (χ0n) is 12.1. The molecular formula is C15H21FN2O2. The number of nitrogens with two attached hydrogens (primary N) is 1. The van der Waals surface area contributed by atoms with E-state index >= 15 is 0 Å². The topological polar surface area (TPSA) is 55.6 Å². The van der Waals surface area contributed by atoms with Gasteiger partial charge in [-0.1, -0.05) is 0 Å². The minimum atomic E-state index is -0.0437. The highest BCUT2D eigenvalue weighted by Crippen LogP contribution is 2.15. The first-order valence-corrected chi connectivity index (χ1v) is 6.47. The van der Waals surface area contributed by atoms with E-state index < -0.39 is 0 Å². The Labute approximate surface area is 119 Å². The van der Waals surface area contributed by atoms with Gasteiger partial charge in [-0.05, 0) is 38.1 Å². The highest BCUT2D eigenvalue weighted by molar-refractivity contribution is 5.94. The van der Waals surface area contributed by atoms with Crippen LogP contribution in [0, 0.1) is 0 Å². The van der Waals surface area contributed by atoms with Gasteiger partial charge in [0.1, 0.15) is 12.4 Å². The van der Waals surface area contributed by atoms with Gasteiger partial charge in [0.15, 0.2) is 0 Å². The predicted octanol–water partition coefficient (Wildman–Crippen LogP) is 2.36. The van der Waals surface area contributed by atoms with Gasteiger partial charge in [0.05, 0.1) is 6.33 Å². The summed E-state index contributed by atoms with van der Waals surface area (Å²) >= 11 is 0. The lowest BCUT2D eigenvalue weighted by Crippen LogP contribution is -2.32. The van der Waals surface area contributed by atoms with E-state index in [0.29, 0.717) is 23.2 Å². The molecule has 0 aliphatic carbocycles. The van der Waals surface area contributed by atoms with Gasteiger partial charge in [-0.2, -0.15) is 0 Å². The SMILES string of the molecule is CC(C)N(C)C(=O)c1ccc(OCC(=CF)CN)cc1. The summed E-state index contributed by atoms with van der Waals surface area (Å²) in [5.41, 5.74) is 6.31. The summed E-state index contributed by atoms with van der Waals surface area (Å²) in [5, 5.41) is 0. The molecule has 2 N–H and O–H groups in total. The second-order valence-corrected chi connectivity index (χ2v) is 4.79. The molecule has 0 spiro atoms. The average Bonchev–Trinajstić information content (AvgIpc) is 2.47. The molecule has 1 aromatic carbocycles. The molecule has 1 amide bonds. The van der Waals surface area contributed by atoms with Crippen LogP contribution in [0.5, 0.6) is 5.75 Å². The van der Waals surface area contributed by atoms with Crippen molar-refractivity contribution in [3.05, 3.63) is 41.7 Å². The second kappa shape index (κ2) is 7.65. The molecule has 0 aliphatic rings. The van der Waals surface area contributed by atoms with Crippen molar-refractivity contribution in [3.8, 4) is 5.75 Å². The molecule has 5 heteroatoms. The molecule has 1 rings (SSSR count). The molecule has 0 heterocycles. The molecule has 0 saturated heterocycles. The lowest BCUT2D eigenvalue weighted by atomic mass is 10.2. The highest BCUT2D eigenvalue weighted by atomic mass is 19.1. The third kappa shape index (κ3) is 4.35. The van der Waals surface area contributed by atoms with E-state index in [-0.39, 0.29) is 25.1 Å². The monoisotopic (exact) mass is 280 g/mol. The minimum Gasteiger partial charge on any atom is -0.489 e. The van der Waals surface area contributed by atoms with Crippen LogP contribution in [0.4, 0.5) is 4.39 Å². The van der Waals surface area contributed by atoms with Crippen LogP contribution in [0.15, 0.2) is 36.2 Å². The molecule has 0 aromatic heterocycles. The van der Waals surface area contributed by atoms with Crippen molar-refractivity contribution in [1.82, 2.24) is 4.90 Å². The number of amides is 1. The fourth-order valence-electron chi connectivity index (χ4n) is 1.44. The fourth-order valence-corrected chi connectivity index (χ4v) is 1.44. The summed E-state index contributed by atoms with van der Waals surface area (Å²) in [6.07, 6.45) is 0.454. The molecular weight excluding hydrogens is 259 g/mol. The zero-order chi connectivity index (χ0) is 15.1. The van der Waals surface area contributed by atoms with E-state index in [1.807, 2.05) is 13.8 Å². The standard InChI is InChI=1S/C15H21FN2O2/c1-11(2)18(3)15(19)13-4-6-14(7-5-13)20-10-12(8-16)9-17/h4-8,11H,9-10,17H2,1-3H3. The Bertz CT molecular complexity index is 469. The lowest BCUT2D eigenvalue weighted by Gasteiger charge is -2.21. The fraction of sp³-hybridized carbons (Fsp3) is 0.400. The van der Waals surface area contributed by atoms with Gasteiger partial charge in [-0.25, -0.2) is 4.39 Å². The van der Waals surface area contributed by atoms with Gasteiger partial charge in [0, 0.05) is 30.8 Å². The first-order valence-electron chi connectivity index (χ1n) is 6.47. The van der Waals surface area contributed by atoms with Crippen molar-refractivity contribution >= 4 is 5.91 Å². The molecule has 0 saturated carbocycles. The molecule has 1 aromatic rings. The van der Waals surface area contributed by atoms with Crippen molar-refractivity contribution in [1.29, 1.82) is 0 Å². The Kier molecular flexibility index (Phi) is 6.18. The molecule has 0 radical (unpaired) electrons. The average molecular weight is 280 g/mol. The number of ether oxygens (including phenoxy) is 1. The summed E-state index contributed by atoms with van der Waals surface area (Å²) in [4.78, 5) is 13.7. The summed E-state index contributed by atoms with van der Waals surface area (Å²) in [6, 6.07) is 6.90. The summed E-state index contributed by atoms with van der Waals surface area (Å²) in [7, 11) is 1.76. The van der Waals surface area contributed by atoms with Crippen LogP contribution in [-0.4, -0.2) is 37.0 Å². The van der Waals surface area contributed by atoms with Crippen molar-refractivity contribution in [2.75, 3.05) is 20.2 Å². The van der Waals surface area contributed by atoms with Crippen LogP contribution in [0.3, 0.4) is 0 Å². The summed E-state index contributed by atoms with van der Waals surface area (Å²) in [6.45, 7) is 4.12. The first kappa shape index (κ1) is 16.2. The third-order valence-electron chi connectivity index (χ3n) is 3.04. The predicted molar refractivity (Wildman–Crippen MR) is 77.4 cm³/mol. The Hall–Kier alpha value is -1.88. The van der Waals surface area contributed by atoms with Crippen molar-refractivity contribution in [2.45, 2.75) is 19.9 Å². The van der Waals surface area contributed by atoms with E-state index in [1.165, 1.54) is 0 Å². The van der Waals surface area contributed by atoms with Gasteiger partial charge in [0.2, 0.25) is 0 Å². The van der Waals surface area contributed by atoms with Crippen LogP contribution in [0.2, 0.25) is 0 Å². The van der Waals surface area contributed by atoms with Gasteiger partial charge >= 0.3 is 0 Å². The Morgan fingerprint density at radius 1 is 1.40 bits per heavy atom. The normalized spacial score (nSPS) is 11.6. The highest BCUT2D eigenvalue weighted by Gasteiger charge is 2.14. The number of rotatable bonds is 6. The van der Waals surface area contributed by atoms with E-state index in [2.05, 4.69) is 0 Å². The van der Waals surface area contributed by atoms with Crippen LogP contribution >= 0.6 is 0 Å². The van der Waals surface area contributed by atoms with Crippen LogP contribution in [-0.2, 0) is 0 Å². The number of hydrogen-bond donors (Lipinski definition) is 1. The molecule has 0 unspecified atom stereocenters. The van der Waals surface area contributed by atoms with Gasteiger partial charge in [-0.3, -0.25) is 4.79 Å². The molecule has 0 bridgehead atoms. The number of halogens is 1. The number of hydrogen-bond acceptors (Lipinski definition) is 3. The number of carbonyl (C=O) groups excluding carboxylic acids is 1. The number of nitrogens with zero attached hydrogens (tertiary/aromatic N) is 1. The molecule has 110 valence electrons. The number of carbonyl (C=O) groups is 1. The second-order valence-electron chi connectivity index (χ2n) is 4.79. The largest absolute Gasteiger partial charge is 0.489 e. The van der Waals surface area contributed by atoms with Gasteiger partial charge in [0.25, 0.3) is 5.91 Å². The zero-order valence-corrected chi connectivity index (χ0v) is 12.1. The van der Waals surface area contributed by atoms with E-state index in [4.69, 9.17) is 10.5 Å². The Morgan fingerprint density at radius 2 is 2.00 bits per heavy atom.